The second-order valence-electron chi connectivity index (χ2n) is 9.84. The number of para-hydroxylation sites is 1. The van der Waals surface area contributed by atoms with Gasteiger partial charge in [0.25, 0.3) is 0 Å². The zero-order chi connectivity index (χ0) is 25.4. The van der Waals surface area contributed by atoms with E-state index < -0.39 is 0 Å². The second kappa shape index (κ2) is 9.68. The third-order valence-corrected chi connectivity index (χ3v) is 7.51. The highest BCUT2D eigenvalue weighted by Gasteiger charge is 2.21. The summed E-state index contributed by atoms with van der Waals surface area (Å²) in [4.78, 5) is 9.49. The van der Waals surface area contributed by atoms with E-state index in [1.165, 1.54) is 5.56 Å². The van der Waals surface area contributed by atoms with E-state index in [-0.39, 0.29) is 12.1 Å². The molecular weight excluding hydrogens is 458 g/mol. The predicted molar refractivity (Wildman–Crippen MR) is 148 cm³/mol. The Morgan fingerprint density at radius 1 is 1.05 bits per heavy atom. The maximum atomic E-state index is 9.88. The summed E-state index contributed by atoms with van der Waals surface area (Å²) < 4.78 is 2.13. The van der Waals surface area contributed by atoms with Crippen LogP contribution in [0.1, 0.15) is 43.7 Å². The molecule has 0 aliphatic heterocycles. The van der Waals surface area contributed by atoms with E-state index in [9.17, 15) is 10.4 Å². The van der Waals surface area contributed by atoms with Crippen LogP contribution in [0.2, 0.25) is 0 Å². The highest BCUT2D eigenvalue weighted by molar-refractivity contribution is 5.98. The summed E-state index contributed by atoms with van der Waals surface area (Å²) in [6.45, 7) is 2.16. The van der Waals surface area contributed by atoms with E-state index in [1.54, 1.807) is 0 Å². The topological polar surface area (TPSA) is 86.8 Å². The molecule has 3 aromatic heterocycles. The number of aliphatic hydroxyl groups excluding tert-OH is 1. The molecule has 0 unspecified atom stereocenters. The first-order valence-corrected chi connectivity index (χ1v) is 13.0. The van der Waals surface area contributed by atoms with Crippen LogP contribution in [-0.2, 0) is 6.42 Å². The quantitative estimate of drug-likeness (QED) is 0.300. The van der Waals surface area contributed by atoms with Crippen molar-refractivity contribution in [2.24, 2.45) is 0 Å². The third kappa shape index (κ3) is 4.32. The molecule has 1 saturated carbocycles. The van der Waals surface area contributed by atoms with Crippen LogP contribution in [0.25, 0.3) is 38.8 Å². The fraction of sp³-hybridized carbons (Fsp3) is 0.258. The average Bonchev–Trinajstić information content (AvgIpc) is 3.33. The molecule has 1 aliphatic rings. The summed E-state index contributed by atoms with van der Waals surface area (Å²) in [6, 6.07) is 20.9. The highest BCUT2D eigenvalue weighted by Crippen LogP contribution is 2.35. The van der Waals surface area contributed by atoms with Gasteiger partial charge in [-0.15, -0.1) is 0 Å². The van der Waals surface area contributed by atoms with Gasteiger partial charge in [-0.25, -0.2) is 4.98 Å². The molecule has 5 aromatic rings. The van der Waals surface area contributed by atoms with Crippen molar-refractivity contribution in [3.05, 3.63) is 84.3 Å². The number of pyridine rings is 2. The van der Waals surface area contributed by atoms with Gasteiger partial charge in [0.1, 0.15) is 11.7 Å². The number of aliphatic hydroxyl groups is 1. The fourth-order valence-electron chi connectivity index (χ4n) is 5.49. The number of hydrogen-bond donors (Lipinski definition) is 2. The van der Waals surface area contributed by atoms with Crippen molar-refractivity contribution < 1.29 is 5.11 Å². The lowest BCUT2D eigenvalue weighted by Crippen LogP contribution is -2.28. The average molecular weight is 488 g/mol. The fourth-order valence-corrected chi connectivity index (χ4v) is 5.49. The third-order valence-electron chi connectivity index (χ3n) is 7.51. The molecule has 6 rings (SSSR count). The Morgan fingerprint density at radius 3 is 2.70 bits per heavy atom. The minimum atomic E-state index is -0.211. The van der Waals surface area contributed by atoms with E-state index in [0.717, 1.165) is 76.5 Å². The second-order valence-corrected chi connectivity index (χ2v) is 9.84. The van der Waals surface area contributed by atoms with Crippen LogP contribution in [0.5, 0.6) is 0 Å². The van der Waals surface area contributed by atoms with E-state index in [0.29, 0.717) is 5.56 Å². The van der Waals surface area contributed by atoms with Crippen LogP contribution >= 0.6 is 0 Å². The molecule has 0 bridgehead atoms. The molecule has 6 heteroatoms. The lowest BCUT2D eigenvalue weighted by molar-refractivity contribution is 0.126. The molecule has 2 aromatic carbocycles. The van der Waals surface area contributed by atoms with E-state index >= 15 is 0 Å². The normalized spacial score (nSPS) is 17.6. The molecule has 1 aliphatic carbocycles. The number of nitriles is 1. The van der Waals surface area contributed by atoms with Gasteiger partial charge in [-0.05, 0) is 79.6 Å². The molecule has 0 spiro atoms. The van der Waals surface area contributed by atoms with Gasteiger partial charge >= 0.3 is 0 Å². The summed E-state index contributed by atoms with van der Waals surface area (Å²) >= 11 is 0. The van der Waals surface area contributed by atoms with Gasteiger partial charge in [0.2, 0.25) is 0 Å². The summed E-state index contributed by atoms with van der Waals surface area (Å²) in [7, 11) is 0. The molecule has 0 radical (unpaired) electrons. The molecule has 2 N–H and O–H groups in total. The number of rotatable bonds is 5. The van der Waals surface area contributed by atoms with Crippen molar-refractivity contribution in [3.8, 4) is 22.9 Å². The largest absolute Gasteiger partial charge is 0.393 e. The van der Waals surface area contributed by atoms with Crippen LogP contribution in [0.15, 0.2) is 73.2 Å². The van der Waals surface area contributed by atoms with E-state index in [4.69, 9.17) is 9.97 Å². The lowest BCUT2D eigenvalue weighted by Gasteiger charge is -2.27. The Bertz CT molecular complexity index is 1640. The number of nitrogens with zero attached hydrogens (tertiary/aromatic N) is 4. The molecule has 6 nitrogen and oxygen atoms in total. The van der Waals surface area contributed by atoms with Crippen molar-refractivity contribution in [3.63, 3.8) is 0 Å². The number of fused-ring (bicyclic) bond motifs is 2. The van der Waals surface area contributed by atoms with Crippen LogP contribution in [0, 0.1) is 11.3 Å². The van der Waals surface area contributed by atoms with Crippen LogP contribution in [0.3, 0.4) is 0 Å². The Morgan fingerprint density at radius 2 is 1.89 bits per heavy atom. The highest BCUT2D eigenvalue weighted by atomic mass is 16.3. The Hall–Kier alpha value is -4.21. The first-order valence-electron chi connectivity index (χ1n) is 13.0. The van der Waals surface area contributed by atoms with Gasteiger partial charge in [-0.1, -0.05) is 25.1 Å². The Balaban J connectivity index is 1.44. The van der Waals surface area contributed by atoms with Crippen LogP contribution < -0.4 is 5.32 Å². The van der Waals surface area contributed by atoms with Crippen LogP contribution in [0.4, 0.5) is 5.69 Å². The summed E-state index contributed by atoms with van der Waals surface area (Å²) in [5.74, 6) is 0. The molecule has 1 fully saturated rings. The first kappa shape index (κ1) is 23.2. The molecule has 0 amide bonds. The molecule has 37 heavy (non-hydrogen) atoms. The first-order chi connectivity index (χ1) is 18.1. The van der Waals surface area contributed by atoms with Gasteiger partial charge in [0.05, 0.1) is 22.9 Å². The van der Waals surface area contributed by atoms with Crippen molar-refractivity contribution in [1.82, 2.24) is 14.5 Å². The Kier molecular flexibility index (Phi) is 6.07. The van der Waals surface area contributed by atoms with Crippen molar-refractivity contribution in [2.45, 2.75) is 51.2 Å². The molecule has 0 saturated heterocycles. The zero-order valence-corrected chi connectivity index (χ0v) is 20.9. The smallest absolute Gasteiger partial charge is 0.145 e. The summed E-state index contributed by atoms with van der Waals surface area (Å²) in [5, 5.41) is 25.4. The number of aromatic nitrogens is 3. The molecule has 184 valence electrons. The van der Waals surface area contributed by atoms with Gasteiger partial charge < -0.3 is 15.0 Å². The van der Waals surface area contributed by atoms with Crippen molar-refractivity contribution in [2.75, 3.05) is 5.32 Å². The SMILES string of the molecule is CCc1cn(-c2ccc(C#N)c(N[C@H]3CC[C@H](O)CC3)c2)c2nccc(-c3cnc4ccccc4c3)c12. The predicted octanol–water partition coefficient (Wildman–Crippen LogP) is 6.39. The van der Waals surface area contributed by atoms with Crippen molar-refractivity contribution in [1.29, 1.82) is 5.26 Å². The Labute approximate surface area is 216 Å². The van der Waals surface area contributed by atoms with Gasteiger partial charge in [-0.2, -0.15) is 5.26 Å². The number of aryl methyl sites for hydroxylation is 1. The zero-order valence-electron chi connectivity index (χ0n) is 20.9. The van der Waals surface area contributed by atoms with E-state index in [1.807, 2.05) is 42.7 Å². The van der Waals surface area contributed by atoms with Gasteiger partial charge in [-0.3, -0.25) is 4.98 Å². The number of nitrogens with one attached hydrogen (secondary N) is 1. The molecular formula is C31H29N5O. The molecule has 0 atom stereocenters. The van der Waals surface area contributed by atoms with Gasteiger partial charge in [0.15, 0.2) is 0 Å². The summed E-state index contributed by atoms with van der Waals surface area (Å²) in [6.07, 6.45) is 10.00. The standard InChI is InChI=1S/C31H29N5O/c1-2-20-19-36(25-10-7-22(17-32)29(16-25)35-24-8-11-26(37)12-9-24)31-30(20)27(13-14-33-31)23-15-21-5-3-4-6-28(21)34-18-23/h3-7,10,13-16,18-19,24,26,35,37H,2,8-9,11-12H2,1H3/t24-,26-. The minimum Gasteiger partial charge on any atom is -0.393 e. The summed E-state index contributed by atoms with van der Waals surface area (Å²) in [5.41, 5.74) is 7.68. The van der Waals surface area contributed by atoms with Crippen LogP contribution in [-0.4, -0.2) is 31.8 Å². The minimum absolute atomic E-state index is 0.211. The maximum absolute atomic E-state index is 9.88. The monoisotopic (exact) mass is 487 g/mol. The van der Waals surface area contributed by atoms with Crippen molar-refractivity contribution >= 4 is 27.6 Å². The number of hydrogen-bond acceptors (Lipinski definition) is 5. The maximum Gasteiger partial charge on any atom is 0.145 e. The number of benzene rings is 2. The number of anilines is 1. The molecule has 3 heterocycles. The lowest BCUT2D eigenvalue weighted by atomic mass is 9.93. The van der Waals surface area contributed by atoms with Gasteiger partial charge in [0, 0.05) is 46.7 Å². The van der Waals surface area contributed by atoms with E-state index in [2.05, 4.69) is 53.3 Å².